The Kier molecular flexibility index (Phi) is 16.0. The Morgan fingerprint density at radius 1 is 0.855 bits per heavy atom. The zero-order chi connectivity index (χ0) is 40.1. The summed E-state index contributed by atoms with van der Waals surface area (Å²) in [7, 11) is 0. The number of benzene rings is 3. The molecule has 1 heterocycles. The van der Waals surface area contributed by atoms with Crippen molar-refractivity contribution in [2.45, 2.75) is 102 Å². The average Bonchev–Trinajstić information content (AvgIpc) is 3.13. The third kappa shape index (κ3) is 12.7. The Morgan fingerprint density at radius 3 is 1.82 bits per heavy atom. The first-order valence-corrected chi connectivity index (χ1v) is 20.3. The molecule has 10 heteroatoms. The fraction of sp³-hybridized carbons (Fsp3) is 0.489. The fourth-order valence-electron chi connectivity index (χ4n) is 7.01. The normalized spacial score (nSPS) is 16.0. The van der Waals surface area contributed by atoms with Crippen molar-refractivity contribution < 1.29 is 28.7 Å². The number of nitrogens with zero attached hydrogens (tertiary/aromatic N) is 1. The van der Waals surface area contributed by atoms with Crippen LogP contribution < -0.4 is 11.1 Å². The number of ether oxygens (including phenoxy) is 2. The van der Waals surface area contributed by atoms with Crippen molar-refractivity contribution in [3.8, 4) is 0 Å². The van der Waals surface area contributed by atoms with Crippen LogP contribution in [0.3, 0.4) is 0 Å². The van der Waals surface area contributed by atoms with E-state index in [-0.39, 0.29) is 42.5 Å². The highest BCUT2D eigenvalue weighted by atomic mass is 32.2. The van der Waals surface area contributed by atoms with E-state index < -0.39 is 33.8 Å². The molecule has 296 valence electrons. The topological polar surface area (TPSA) is 137 Å². The number of aliphatic imine (C=N–C) groups is 1. The molecule has 0 radical (unpaired) electrons. The summed E-state index contributed by atoms with van der Waals surface area (Å²) in [4.78, 5) is 57.7. The maximum Gasteiger partial charge on any atom is 0.310 e. The summed E-state index contributed by atoms with van der Waals surface area (Å²) in [6.45, 7) is 11.7. The number of hydrogen-bond donors (Lipinski definition) is 2. The van der Waals surface area contributed by atoms with Crippen molar-refractivity contribution >= 4 is 40.9 Å². The maximum absolute atomic E-state index is 14.6. The molecule has 0 aliphatic carbocycles. The molecular formula is C45H59N3O6S. The average molecular weight is 770 g/mol. The van der Waals surface area contributed by atoms with Gasteiger partial charge in [-0.25, -0.2) is 0 Å². The first-order valence-electron chi connectivity index (χ1n) is 19.3. The summed E-state index contributed by atoms with van der Waals surface area (Å²) >= 11 is 1.63. The Hall–Kier alpha value is -4.12. The molecule has 0 amide bonds. The Labute approximate surface area is 331 Å². The summed E-state index contributed by atoms with van der Waals surface area (Å²) in [6, 6.07) is 30.1. The molecule has 1 saturated heterocycles. The van der Waals surface area contributed by atoms with Crippen LogP contribution in [0.2, 0.25) is 0 Å². The van der Waals surface area contributed by atoms with E-state index in [1.54, 1.807) is 25.6 Å². The lowest BCUT2D eigenvalue weighted by Gasteiger charge is -2.45. The van der Waals surface area contributed by atoms with Gasteiger partial charge in [0.25, 0.3) is 0 Å². The van der Waals surface area contributed by atoms with E-state index >= 15 is 0 Å². The van der Waals surface area contributed by atoms with Crippen LogP contribution >= 0.6 is 11.8 Å². The van der Waals surface area contributed by atoms with Crippen LogP contribution in [-0.4, -0.2) is 71.8 Å². The minimum atomic E-state index is -0.761. The number of esters is 1. The molecule has 3 N–H and O–H groups in total. The first-order chi connectivity index (χ1) is 26.1. The molecule has 0 saturated carbocycles. The highest BCUT2D eigenvalue weighted by Crippen LogP contribution is 2.49. The minimum Gasteiger partial charge on any atom is -0.460 e. The number of Topliss-reactive ketones (excluding diaryl/α,β-unsaturated/α-hetero) is 3. The van der Waals surface area contributed by atoms with E-state index in [0.717, 1.165) is 16.7 Å². The Bertz CT molecular complexity index is 1640. The molecule has 3 atom stereocenters. The van der Waals surface area contributed by atoms with Gasteiger partial charge in [-0.15, -0.1) is 11.8 Å². The second kappa shape index (κ2) is 20.2. The molecule has 1 aliphatic rings. The number of carbonyl (C=O) groups is 4. The van der Waals surface area contributed by atoms with Crippen LogP contribution in [0.25, 0.3) is 0 Å². The van der Waals surface area contributed by atoms with Crippen LogP contribution in [-0.2, 0) is 33.4 Å². The number of thioether (sulfide) groups is 1. The fourth-order valence-corrected chi connectivity index (χ4v) is 8.62. The molecule has 9 nitrogen and oxygen atoms in total. The van der Waals surface area contributed by atoms with Crippen molar-refractivity contribution in [1.29, 1.82) is 0 Å². The SMILES string of the molecule is CC(=O)C[C@H](C)C(=O)CCC1(N[C@@H](CCCN=C(C)N)C(=O)C[C@@H](CSC(c2ccccc2)(c2ccccc2)c2ccccc2)C(=O)OC(C)(C)C)COC1. The number of nitrogens with two attached hydrogens (primary N) is 1. The van der Waals surface area contributed by atoms with Crippen LogP contribution in [0, 0.1) is 11.8 Å². The lowest BCUT2D eigenvalue weighted by molar-refractivity contribution is -0.160. The second-order valence-electron chi connectivity index (χ2n) is 15.9. The summed E-state index contributed by atoms with van der Waals surface area (Å²) < 4.78 is 11.0. The van der Waals surface area contributed by atoms with Gasteiger partial charge in [0.05, 0.1) is 41.3 Å². The van der Waals surface area contributed by atoms with E-state index in [0.29, 0.717) is 50.6 Å². The molecule has 3 aromatic rings. The molecular weight excluding hydrogens is 711 g/mol. The molecule has 1 aliphatic heterocycles. The molecule has 0 aromatic heterocycles. The molecule has 0 spiro atoms. The highest BCUT2D eigenvalue weighted by Gasteiger charge is 2.43. The van der Waals surface area contributed by atoms with Crippen molar-refractivity contribution in [3.63, 3.8) is 0 Å². The van der Waals surface area contributed by atoms with Crippen LogP contribution in [0.4, 0.5) is 0 Å². The van der Waals surface area contributed by atoms with Gasteiger partial charge in [0, 0.05) is 37.5 Å². The number of carbonyl (C=O) groups excluding carboxylic acids is 4. The van der Waals surface area contributed by atoms with Gasteiger partial charge in [-0.1, -0.05) is 97.9 Å². The Balaban J connectivity index is 1.66. The van der Waals surface area contributed by atoms with Crippen LogP contribution in [0.5, 0.6) is 0 Å². The molecule has 0 unspecified atom stereocenters. The summed E-state index contributed by atoms with van der Waals surface area (Å²) in [5.41, 5.74) is 7.64. The molecule has 3 aromatic carbocycles. The minimum absolute atomic E-state index is 0.0136. The van der Waals surface area contributed by atoms with Gasteiger partial charge in [-0.3, -0.25) is 24.7 Å². The van der Waals surface area contributed by atoms with Gasteiger partial charge in [0.1, 0.15) is 17.2 Å². The van der Waals surface area contributed by atoms with Gasteiger partial charge in [0.15, 0.2) is 5.78 Å². The number of amidine groups is 1. The van der Waals surface area contributed by atoms with E-state index in [9.17, 15) is 19.2 Å². The quantitative estimate of drug-likeness (QED) is 0.0351. The zero-order valence-electron chi connectivity index (χ0n) is 33.3. The highest BCUT2D eigenvalue weighted by molar-refractivity contribution is 8.00. The van der Waals surface area contributed by atoms with Gasteiger partial charge < -0.3 is 20.0 Å². The van der Waals surface area contributed by atoms with Crippen molar-refractivity contribution in [2.75, 3.05) is 25.5 Å². The first kappa shape index (κ1) is 43.6. The standard InChI is InChI=1S/C45H59N3O6S/c1-32(27-33(2)49)40(50)24-25-44(30-53-31-44)48-39(23-16-26-47-34(3)46)41(51)28-35(42(52)54-43(4,5)6)29-55-45(36-17-10-7-11-18-36,37-19-12-8-13-20-37)38-21-14-9-15-22-38/h7-15,17-22,32,35,39,48H,16,23-31H2,1-6H3,(H2,46,47)/t32-,35-,39-/m0/s1. The molecule has 0 bridgehead atoms. The van der Waals surface area contributed by atoms with Gasteiger partial charge in [-0.2, -0.15) is 0 Å². The van der Waals surface area contributed by atoms with Crippen molar-refractivity contribution in [1.82, 2.24) is 5.32 Å². The molecule has 55 heavy (non-hydrogen) atoms. The lowest BCUT2D eigenvalue weighted by Crippen LogP contribution is -2.64. The predicted octanol–water partition coefficient (Wildman–Crippen LogP) is 7.48. The maximum atomic E-state index is 14.6. The third-order valence-electron chi connectivity index (χ3n) is 9.86. The van der Waals surface area contributed by atoms with E-state index in [1.807, 2.05) is 75.4 Å². The van der Waals surface area contributed by atoms with Gasteiger partial charge in [-0.05, 0) is 70.6 Å². The van der Waals surface area contributed by atoms with Crippen molar-refractivity contribution in [3.05, 3.63) is 108 Å². The van der Waals surface area contributed by atoms with E-state index in [4.69, 9.17) is 15.2 Å². The monoisotopic (exact) mass is 769 g/mol. The largest absolute Gasteiger partial charge is 0.460 e. The molecule has 4 rings (SSSR count). The smallest absolute Gasteiger partial charge is 0.310 e. The van der Waals surface area contributed by atoms with E-state index in [1.165, 1.54) is 6.92 Å². The molecule has 1 fully saturated rings. The lowest BCUT2D eigenvalue weighted by atomic mass is 9.84. The summed E-state index contributed by atoms with van der Waals surface area (Å²) in [6.07, 6.45) is 1.95. The zero-order valence-corrected chi connectivity index (χ0v) is 34.2. The summed E-state index contributed by atoms with van der Waals surface area (Å²) in [5.74, 6) is -0.899. The summed E-state index contributed by atoms with van der Waals surface area (Å²) in [5, 5.41) is 3.60. The second-order valence-corrected chi connectivity index (χ2v) is 17.1. The van der Waals surface area contributed by atoms with Crippen molar-refractivity contribution in [2.24, 2.45) is 22.6 Å². The van der Waals surface area contributed by atoms with E-state index in [2.05, 4.69) is 46.7 Å². The van der Waals surface area contributed by atoms with Gasteiger partial charge in [0.2, 0.25) is 0 Å². The third-order valence-corrected chi connectivity index (χ3v) is 11.6. The van der Waals surface area contributed by atoms with Crippen LogP contribution in [0.1, 0.15) is 96.8 Å². The number of rotatable bonds is 22. The predicted molar refractivity (Wildman–Crippen MR) is 221 cm³/mol. The van der Waals surface area contributed by atoms with Gasteiger partial charge >= 0.3 is 5.97 Å². The number of nitrogens with one attached hydrogen (secondary N) is 1. The number of hydrogen-bond acceptors (Lipinski definition) is 9. The Morgan fingerprint density at radius 2 is 1.38 bits per heavy atom. The van der Waals surface area contributed by atoms with Crippen LogP contribution in [0.15, 0.2) is 96.0 Å². The number of ketones is 3.